The van der Waals surface area contributed by atoms with Crippen LogP contribution in [0.25, 0.3) is 0 Å². The number of fused-ring (bicyclic) bond motifs is 1. The van der Waals surface area contributed by atoms with Gasteiger partial charge in [-0.1, -0.05) is 0 Å². The second kappa shape index (κ2) is 2.68. The summed E-state index contributed by atoms with van der Waals surface area (Å²) in [4.78, 5) is 22.3. The molecule has 3 heterocycles. The first-order valence-electron chi connectivity index (χ1n) is 4.85. The number of ether oxygens (including phenoxy) is 1. The molecule has 0 aromatic carbocycles. The van der Waals surface area contributed by atoms with Gasteiger partial charge in [-0.05, 0) is 0 Å². The highest BCUT2D eigenvalue weighted by atomic mass is 16.7. The Hall–Kier alpha value is -1.21. The highest BCUT2D eigenvalue weighted by molar-refractivity contribution is 6.81. The largest absolute Gasteiger partial charge is 0.612 e. The first kappa shape index (κ1) is 9.05. The third-order valence-electron chi connectivity index (χ3n) is 3.16. The van der Waals surface area contributed by atoms with E-state index in [1.807, 2.05) is 0 Å². The van der Waals surface area contributed by atoms with Gasteiger partial charge >= 0.3 is 18.5 Å². The van der Waals surface area contributed by atoms with Gasteiger partial charge in [0.15, 0.2) is 0 Å². The Bertz CT molecular complexity index is 322. The van der Waals surface area contributed by atoms with Gasteiger partial charge in [0.05, 0.1) is 18.7 Å². The van der Waals surface area contributed by atoms with Crippen LogP contribution in [0, 0.1) is 5.82 Å². The third kappa shape index (κ3) is 1.10. The lowest BCUT2D eigenvalue weighted by Gasteiger charge is -2.22. The topological polar surface area (TPSA) is 85.4 Å². The van der Waals surface area contributed by atoms with Crippen LogP contribution in [0.4, 0.5) is 0 Å². The van der Waals surface area contributed by atoms with Crippen LogP contribution in [-0.2, 0) is 23.6 Å². The number of aliphatic hydroxyl groups excluding tert-OH is 1. The zero-order chi connectivity index (χ0) is 10.6. The van der Waals surface area contributed by atoms with Crippen molar-refractivity contribution >= 4 is 18.5 Å². The fraction of sp³-hybridized carbons (Fsp3) is 0.625. The van der Waals surface area contributed by atoms with E-state index in [1.165, 1.54) is 0 Å². The summed E-state index contributed by atoms with van der Waals surface area (Å²) in [6.07, 6.45) is -0.121. The zero-order valence-electron chi connectivity index (χ0n) is 7.84. The number of epoxide rings is 1. The van der Waals surface area contributed by atoms with Gasteiger partial charge < -0.3 is 19.2 Å². The molecule has 0 aromatic rings. The summed E-state index contributed by atoms with van der Waals surface area (Å²) in [5.41, 5.74) is 0. The van der Waals surface area contributed by atoms with Crippen molar-refractivity contribution in [3.63, 3.8) is 0 Å². The summed E-state index contributed by atoms with van der Waals surface area (Å²) in [5, 5.41) is 8.88. The Morgan fingerprint density at radius 2 is 1.93 bits per heavy atom. The monoisotopic (exact) mass is 212 g/mol. The number of carbonyl (C=O) groups is 2. The van der Waals surface area contributed by atoms with Crippen molar-refractivity contribution in [2.75, 3.05) is 6.61 Å². The molecule has 3 rings (SSSR count). The van der Waals surface area contributed by atoms with E-state index < -0.39 is 12.6 Å². The first-order chi connectivity index (χ1) is 7.15. The van der Waals surface area contributed by atoms with Crippen LogP contribution in [0.5, 0.6) is 0 Å². The standard InChI is InChI=1S/C8H9BO6/c10-3-5-8(13-5)9-4(1-6(11)14-9)2-7(12)15-9/h5,8,10H,1-3H2/t5-,8+/m0/s1. The van der Waals surface area contributed by atoms with Gasteiger partial charge in [0, 0.05) is 5.82 Å². The maximum absolute atomic E-state index is 11.2. The van der Waals surface area contributed by atoms with Crippen LogP contribution in [-0.4, -0.2) is 42.3 Å². The zero-order valence-corrected chi connectivity index (χ0v) is 7.84. The Balaban J connectivity index is 1.88. The molecule has 3 aliphatic heterocycles. The number of rotatable bonds is 2. The van der Waals surface area contributed by atoms with E-state index in [9.17, 15) is 9.59 Å². The van der Waals surface area contributed by atoms with Crippen molar-refractivity contribution in [3.05, 3.63) is 5.82 Å². The van der Waals surface area contributed by atoms with Crippen molar-refractivity contribution in [3.8, 4) is 0 Å². The lowest BCUT2D eigenvalue weighted by Crippen LogP contribution is -2.48. The first-order valence-corrected chi connectivity index (χ1v) is 4.85. The minimum atomic E-state index is -2.06. The Morgan fingerprint density at radius 3 is 2.40 bits per heavy atom. The van der Waals surface area contributed by atoms with E-state index in [4.69, 9.17) is 19.2 Å². The Kier molecular flexibility index (Phi) is 1.61. The number of hydrogen-bond donors (Lipinski definition) is 1. The van der Waals surface area contributed by atoms with Gasteiger partial charge in [0.1, 0.15) is 12.8 Å². The minimum absolute atomic E-state index is 0.129. The SMILES string of the molecule is O=C1C[C+]2CC(=O)O[B-]2([C@@H]2O[C@H]2CO)O1. The maximum atomic E-state index is 11.2. The van der Waals surface area contributed by atoms with E-state index in [1.54, 1.807) is 0 Å². The molecule has 3 fully saturated rings. The van der Waals surface area contributed by atoms with E-state index in [0.717, 1.165) is 0 Å². The van der Waals surface area contributed by atoms with Crippen LogP contribution in [0.1, 0.15) is 12.8 Å². The third-order valence-corrected chi connectivity index (χ3v) is 3.16. The number of aliphatic hydroxyl groups is 1. The van der Waals surface area contributed by atoms with Crippen molar-refractivity contribution in [2.45, 2.75) is 24.9 Å². The summed E-state index contributed by atoms with van der Waals surface area (Å²) < 4.78 is 15.4. The molecule has 0 aliphatic carbocycles. The molecular formula is C8H9BO6. The van der Waals surface area contributed by atoms with Crippen LogP contribution in [0.2, 0.25) is 0 Å². The van der Waals surface area contributed by atoms with Gasteiger partial charge in [-0.3, -0.25) is 9.59 Å². The number of carbonyl (C=O) groups excluding carboxylic acids is 2. The van der Waals surface area contributed by atoms with Crippen molar-refractivity contribution < 1.29 is 28.7 Å². The normalized spacial score (nSPS) is 36.2. The number of hydrogen-bond acceptors (Lipinski definition) is 6. The molecule has 0 spiro atoms. The molecule has 0 unspecified atom stereocenters. The van der Waals surface area contributed by atoms with Crippen LogP contribution < -0.4 is 0 Å². The second-order valence-electron chi connectivity index (χ2n) is 4.08. The van der Waals surface area contributed by atoms with Gasteiger partial charge in [-0.2, -0.15) is 0 Å². The van der Waals surface area contributed by atoms with Gasteiger partial charge in [0.2, 0.25) is 0 Å². The van der Waals surface area contributed by atoms with Crippen molar-refractivity contribution in [2.24, 2.45) is 0 Å². The molecule has 3 aliphatic rings. The molecular weight excluding hydrogens is 203 g/mol. The minimum Gasteiger partial charge on any atom is -0.612 e. The molecule has 2 atom stereocenters. The van der Waals surface area contributed by atoms with E-state index in [-0.39, 0.29) is 37.5 Å². The van der Waals surface area contributed by atoms with E-state index >= 15 is 0 Å². The highest BCUT2D eigenvalue weighted by Crippen LogP contribution is 2.48. The fourth-order valence-electron chi connectivity index (χ4n) is 2.44. The summed E-state index contributed by atoms with van der Waals surface area (Å²) >= 11 is 0. The van der Waals surface area contributed by atoms with Crippen molar-refractivity contribution in [1.29, 1.82) is 0 Å². The van der Waals surface area contributed by atoms with Crippen LogP contribution >= 0.6 is 0 Å². The van der Waals surface area contributed by atoms with E-state index in [2.05, 4.69) is 0 Å². The molecule has 0 amide bonds. The highest BCUT2D eigenvalue weighted by Gasteiger charge is 2.75. The molecule has 0 bridgehead atoms. The maximum Gasteiger partial charge on any atom is 0.589 e. The Morgan fingerprint density at radius 1 is 1.33 bits per heavy atom. The average Bonchev–Trinajstić information content (AvgIpc) is 2.81. The van der Waals surface area contributed by atoms with E-state index in [0.29, 0.717) is 5.82 Å². The molecule has 0 saturated carbocycles. The molecule has 1 N–H and O–H groups in total. The second-order valence-corrected chi connectivity index (χ2v) is 4.08. The molecule has 80 valence electrons. The summed E-state index contributed by atoms with van der Waals surface area (Å²) in [5.74, 6) is -0.0969. The molecule has 7 heteroatoms. The van der Waals surface area contributed by atoms with Crippen molar-refractivity contribution in [1.82, 2.24) is 0 Å². The summed E-state index contributed by atoms with van der Waals surface area (Å²) in [6.45, 7) is -2.21. The predicted molar refractivity (Wildman–Crippen MR) is 46.2 cm³/mol. The summed E-state index contributed by atoms with van der Waals surface area (Å²) in [7, 11) is 0. The smallest absolute Gasteiger partial charge is 0.589 e. The van der Waals surface area contributed by atoms with Crippen LogP contribution in [0.3, 0.4) is 0 Å². The quantitative estimate of drug-likeness (QED) is 0.349. The molecule has 0 radical (unpaired) electrons. The lowest BCUT2D eigenvalue weighted by atomic mass is 9.45. The molecule has 0 aromatic heterocycles. The fourth-order valence-corrected chi connectivity index (χ4v) is 2.44. The van der Waals surface area contributed by atoms with Gasteiger partial charge in [0.25, 0.3) is 0 Å². The van der Waals surface area contributed by atoms with Crippen LogP contribution in [0.15, 0.2) is 0 Å². The molecule has 15 heavy (non-hydrogen) atoms. The van der Waals surface area contributed by atoms with Gasteiger partial charge in [-0.15, -0.1) is 0 Å². The Labute approximate surface area is 85.5 Å². The predicted octanol–water partition coefficient (Wildman–Crippen LogP) is -1.27. The molecule has 3 saturated heterocycles. The summed E-state index contributed by atoms with van der Waals surface area (Å²) in [6, 6.07) is -0.470. The molecule has 6 nitrogen and oxygen atoms in total. The lowest BCUT2D eigenvalue weighted by molar-refractivity contribution is -0.138. The van der Waals surface area contributed by atoms with Gasteiger partial charge in [-0.25, -0.2) is 0 Å². The average molecular weight is 212 g/mol.